The average Bonchev–Trinajstić information content (AvgIpc) is 2.36. The number of nitriles is 1. The van der Waals surface area contributed by atoms with Crippen LogP contribution in [0.15, 0.2) is 30.3 Å². The number of carbonyl (C=O) groups excluding carboxylic acids is 1. The van der Waals surface area contributed by atoms with Gasteiger partial charge in [-0.2, -0.15) is 17.0 Å². The van der Waals surface area contributed by atoms with Crippen LogP contribution in [0, 0.1) is 11.3 Å². The highest BCUT2D eigenvalue weighted by Crippen LogP contribution is 2.30. The summed E-state index contributed by atoms with van der Waals surface area (Å²) in [6.07, 6.45) is 3.51. The first-order valence-electron chi connectivity index (χ1n) is 5.64. The number of thioether (sulfide) groups is 1. The number of ketones is 1. The van der Waals surface area contributed by atoms with Crippen LogP contribution in [0.3, 0.4) is 0 Å². The van der Waals surface area contributed by atoms with Crippen LogP contribution in [0.25, 0.3) is 0 Å². The molecule has 2 nitrogen and oxygen atoms in total. The Morgan fingerprint density at radius 3 is 2.53 bits per heavy atom. The number of Topliss-reactive ketones (excluding diaryl/α,β-unsaturated/α-hetero) is 1. The lowest BCUT2D eigenvalue weighted by atomic mass is 9.75. The Morgan fingerprint density at radius 2 is 2.06 bits per heavy atom. The zero-order valence-corrected chi connectivity index (χ0v) is 11.1. The van der Waals surface area contributed by atoms with E-state index in [1.807, 2.05) is 36.6 Å². The van der Waals surface area contributed by atoms with E-state index in [0.29, 0.717) is 6.42 Å². The van der Waals surface area contributed by atoms with E-state index in [2.05, 4.69) is 6.07 Å². The minimum absolute atomic E-state index is 0.0627. The van der Waals surface area contributed by atoms with Crippen molar-refractivity contribution in [3.05, 3.63) is 35.9 Å². The molecule has 3 heteroatoms. The lowest BCUT2D eigenvalue weighted by molar-refractivity contribution is -0.120. The molecule has 0 aromatic heterocycles. The fourth-order valence-electron chi connectivity index (χ4n) is 1.93. The SMILES string of the molecule is CSCCCC(C#N)(C(C)=O)c1ccccc1. The lowest BCUT2D eigenvalue weighted by Gasteiger charge is -2.24. The molecule has 0 radical (unpaired) electrons. The second kappa shape index (κ2) is 6.46. The number of carbonyl (C=O) groups is 1. The van der Waals surface area contributed by atoms with Crippen molar-refractivity contribution in [1.82, 2.24) is 0 Å². The van der Waals surface area contributed by atoms with E-state index in [4.69, 9.17) is 0 Å². The average molecular weight is 247 g/mol. The summed E-state index contributed by atoms with van der Waals surface area (Å²) in [7, 11) is 0. The topological polar surface area (TPSA) is 40.9 Å². The van der Waals surface area contributed by atoms with E-state index in [9.17, 15) is 10.1 Å². The van der Waals surface area contributed by atoms with Gasteiger partial charge in [-0.15, -0.1) is 0 Å². The molecule has 90 valence electrons. The Hall–Kier alpha value is -1.27. The summed E-state index contributed by atoms with van der Waals surface area (Å²) >= 11 is 1.74. The summed E-state index contributed by atoms with van der Waals surface area (Å²) in [5.74, 6) is 0.913. The van der Waals surface area contributed by atoms with Crippen LogP contribution in [-0.4, -0.2) is 17.8 Å². The molecule has 0 fully saturated rings. The summed E-state index contributed by atoms with van der Waals surface area (Å²) in [5.41, 5.74) is -0.145. The highest BCUT2D eigenvalue weighted by atomic mass is 32.2. The highest BCUT2D eigenvalue weighted by Gasteiger charge is 2.36. The third kappa shape index (κ3) is 3.10. The van der Waals surface area contributed by atoms with Crippen molar-refractivity contribution in [1.29, 1.82) is 5.26 Å². The summed E-state index contributed by atoms with van der Waals surface area (Å²) in [5, 5.41) is 9.42. The van der Waals surface area contributed by atoms with Crippen molar-refractivity contribution in [3.63, 3.8) is 0 Å². The molecule has 0 aliphatic rings. The molecule has 17 heavy (non-hydrogen) atoms. The maximum atomic E-state index is 11.9. The number of benzene rings is 1. The third-order valence-corrected chi connectivity index (χ3v) is 3.66. The molecule has 0 aliphatic carbocycles. The number of rotatable bonds is 6. The molecule has 0 saturated carbocycles. The summed E-state index contributed by atoms with van der Waals surface area (Å²) in [6.45, 7) is 1.51. The molecule has 1 aromatic carbocycles. The molecule has 0 N–H and O–H groups in total. The molecule has 0 spiro atoms. The molecule has 0 heterocycles. The highest BCUT2D eigenvalue weighted by molar-refractivity contribution is 7.98. The summed E-state index contributed by atoms with van der Waals surface area (Å²) in [6, 6.07) is 11.6. The number of hydrogen-bond donors (Lipinski definition) is 0. The van der Waals surface area contributed by atoms with E-state index in [1.165, 1.54) is 6.92 Å². The largest absolute Gasteiger partial charge is 0.298 e. The van der Waals surface area contributed by atoms with Crippen molar-refractivity contribution in [2.75, 3.05) is 12.0 Å². The van der Waals surface area contributed by atoms with Crippen molar-refractivity contribution < 1.29 is 4.79 Å². The fraction of sp³-hybridized carbons (Fsp3) is 0.429. The van der Waals surface area contributed by atoms with Gasteiger partial charge in [-0.1, -0.05) is 30.3 Å². The predicted molar refractivity (Wildman–Crippen MR) is 72.0 cm³/mol. The second-order valence-electron chi connectivity index (χ2n) is 4.04. The first kappa shape index (κ1) is 13.8. The first-order valence-corrected chi connectivity index (χ1v) is 7.03. The van der Waals surface area contributed by atoms with Crippen LogP contribution < -0.4 is 0 Å². The van der Waals surface area contributed by atoms with E-state index < -0.39 is 5.41 Å². The summed E-state index contributed by atoms with van der Waals surface area (Å²) in [4.78, 5) is 11.9. The molecular weight excluding hydrogens is 230 g/mol. The minimum atomic E-state index is -0.961. The maximum Gasteiger partial charge on any atom is 0.154 e. The van der Waals surface area contributed by atoms with E-state index >= 15 is 0 Å². The Kier molecular flexibility index (Phi) is 5.24. The van der Waals surface area contributed by atoms with Gasteiger partial charge in [0.2, 0.25) is 0 Å². The Labute approximate surface area is 107 Å². The summed E-state index contributed by atoms with van der Waals surface area (Å²) < 4.78 is 0. The van der Waals surface area contributed by atoms with Crippen LogP contribution in [0.1, 0.15) is 25.3 Å². The van der Waals surface area contributed by atoms with Crippen molar-refractivity contribution in [3.8, 4) is 6.07 Å². The van der Waals surface area contributed by atoms with Crippen molar-refractivity contribution in [2.45, 2.75) is 25.2 Å². The van der Waals surface area contributed by atoms with Gasteiger partial charge in [0.25, 0.3) is 0 Å². The van der Waals surface area contributed by atoms with Gasteiger partial charge in [0, 0.05) is 0 Å². The quantitative estimate of drug-likeness (QED) is 0.725. The molecule has 1 unspecified atom stereocenters. The normalized spacial score (nSPS) is 13.7. The van der Waals surface area contributed by atoms with Crippen LogP contribution in [0.5, 0.6) is 0 Å². The first-order chi connectivity index (χ1) is 8.17. The molecule has 1 atom stereocenters. The van der Waals surface area contributed by atoms with Crippen LogP contribution in [0.2, 0.25) is 0 Å². The Bertz CT molecular complexity index is 410. The molecule has 0 amide bonds. The number of hydrogen-bond acceptors (Lipinski definition) is 3. The fourth-order valence-corrected chi connectivity index (χ4v) is 2.36. The predicted octanol–water partition coefficient (Wildman–Crippen LogP) is 3.18. The minimum Gasteiger partial charge on any atom is -0.298 e. The van der Waals surface area contributed by atoms with Gasteiger partial charge >= 0.3 is 0 Å². The zero-order chi connectivity index (χ0) is 12.7. The zero-order valence-electron chi connectivity index (χ0n) is 10.3. The molecule has 1 aromatic rings. The van der Waals surface area contributed by atoms with Gasteiger partial charge in [0.15, 0.2) is 5.78 Å². The van der Waals surface area contributed by atoms with Crippen LogP contribution in [0.4, 0.5) is 0 Å². The van der Waals surface area contributed by atoms with Gasteiger partial charge in [0.1, 0.15) is 5.41 Å². The Morgan fingerprint density at radius 1 is 1.41 bits per heavy atom. The van der Waals surface area contributed by atoms with Gasteiger partial charge < -0.3 is 0 Å². The van der Waals surface area contributed by atoms with Gasteiger partial charge in [0.05, 0.1) is 6.07 Å². The number of nitrogens with zero attached hydrogens (tertiary/aromatic N) is 1. The van der Waals surface area contributed by atoms with Crippen LogP contribution >= 0.6 is 11.8 Å². The Balaban J connectivity index is 3.02. The lowest BCUT2D eigenvalue weighted by Crippen LogP contribution is -2.32. The molecule has 0 bridgehead atoms. The standard InChI is InChI=1S/C14H17NOS/c1-12(16)14(11-15,9-6-10-17-2)13-7-4-3-5-8-13/h3-5,7-8H,6,9-10H2,1-2H3. The van der Waals surface area contributed by atoms with E-state index in [0.717, 1.165) is 17.7 Å². The van der Waals surface area contributed by atoms with E-state index in [1.54, 1.807) is 11.8 Å². The smallest absolute Gasteiger partial charge is 0.154 e. The van der Waals surface area contributed by atoms with Crippen LogP contribution in [-0.2, 0) is 10.2 Å². The second-order valence-corrected chi connectivity index (χ2v) is 5.02. The van der Waals surface area contributed by atoms with Gasteiger partial charge in [-0.05, 0) is 37.3 Å². The molecule has 0 aliphatic heterocycles. The van der Waals surface area contributed by atoms with Gasteiger partial charge in [-0.25, -0.2) is 0 Å². The molecule has 1 rings (SSSR count). The van der Waals surface area contributed by atoms with Crippen molar-refractivity contribution >= 4 is 17.5 Å². The van der Waals surface area contributed by atoms with E-state index in [-0.39, 0.29) is 5.78 Å². The van der Waals surface area contributed by atoms with Gasteiger partial charge in [-0.3, -0.25) is 4.79 Å². The monoisotopic (exact) mass is 247 g/mol. The van der Waals surface area contributed by atoms with Crippen molar-refractivity contribution in [2.24, 2.45) is 0 Å². The molecule has 0 saturated heterocycles. The molecular formula is C14H17NOS. The third-order valence-electron chi connectivity index (χ3n) is 2.96. The maximum absolute atomic E-state index is 11.9.